The van der Waals surface area contributed by atoms with Crippen molar-refractivity contribution in [2.45, 2.75) is 415 Å². The van der Waals surface area contributed by atoms with Gasteiger partial charge in [-0.2, -0.15) is 0 Å². The molecule has 544 valence electrons. The molecule has 14 heteroatoms. The Kier molecular flexibility index (Phi) is 58.9. The lowest BCUT2D eigenvalue weighted by atomic mass is 9.97. The third-order valence-electron chi connectivity index (χ3n) is 19.0. The summed E-state index contributed by atoms with van der Waals surface area (Å²) in [6, 6.07) is -0.831. The van der Waals surface area contributed by atoms with E-state index in [0.717, 1.165) is 83.5 Å². The predicted octanol–water partition coefficient (Wildman–Crippen LogP) is 17.2. The zero-order chi connectivity index (χ0) is 67.3. The average Bonchev–Trinajstić information content (AvgIpc) is 0.854. The molecule has 1 amide bonds. The Bertz CT molecular complexity index is 1790. The van der Waals surface area contributed by atoms with Crippen LogP contribution >= 0.6 is 0 Å². The molecule has 12 atom stereocenters. The Hall–Kier alpha value is -2.31. The largest absolute Gasteiger partial charge is 0.394 e. The van der Waals surface area contributed by atoms with Crippen LogP contribution in [0.15, 0.2) is 60.8 Å². The smallest absolute Gasteiger partial charge is 0.220 e. The molecule has 93 heavy (non-hydrogen) atoms. The van der Waals surface area contributed by atoms with Crippen molar-refractivity contribution >= 4 is 5.91 Å². The quantitative estimate of drug-likeness (QED) is 0.0204. The van der Waals surface area contributed by atoms with Gasteiger partial charge in [-0.3, -0.25) is 4.79 Å². The van der Waals surface area contributed by atoms with Crippen molar-refractivity contribution in [3.05, 3.63) is 60.8 Å². The number of rotatable bonds is 65. The summed E-state index contributed by atoms with van der Waals surface area (Å²) >= 11 is 0. The molecule has 14 nitrogen and oxygen atoms in total. The number of carbonyl (C=O) groups excluding carboxylic acids is 1. The third-order valence-corrected chi connectivity index (χ3v) is 19.0. The standard InChI is InChI=1S/C79H145NO13/c1-3-5-7-9-11-13-15-17-19-21-23-25-27-29-30-31-32-33-34-35-36-37-38-39-41-43-45-47-49-51-53-55-57-59-61-63-71(84)80-67(66-90-78-76(89)74(87)77(70(65-82)92-78)93-79-75(88)73(86)72(85)69(64-81)91-79)68(83)62-60-58-56-54-52-50-48-46-44-42-40-28-26-24-22-20-18-16-14-12-10-8-6-4-2/h5,7,11,13,17,19,23,25,29-30,67-70,72-79,81-83,85-89H,3-4,6,8-10,12,14-16,18,20-22,24,26-28,31-66H2,1-2H3,(H,80,84)/b7-5-,13-11-,19-17-,25-23-,30-29-. The van der Waals surface area contributed by atoms with Crippen LogP contribution in [-0.2, 0) is 23.7 Å². The number of unbranched alkanes of at least 4 members (excludes halogenated alkanes) is 42. The topological polar surface area (TPSA) is 228 Å². The summed E-state index contributed by atoms with van der Waals surface area (Å²) < 4.78 is 23.0. The molecule has 0 aliphatic carbocycles. The Morgan fingerprint density at radius 2 is 0.742 bits per heavy atom. The second-order valence-electron chi connectivity index (χ2n) is 27.5. The number of nitrogens with one attached hydrogen (secondary N) is 1. The number of aliphatic hydroxyl groups excluding tert-OH is 8. The maximum atomic E-state index is 13.4. The highest BCUT2D eigenvalue weighted by Crippen LogP contribution is 2.30. The Morgan fingerprint density at radius 1 is 0.398 bits per heavy atom. The fourth-order valence-electron chi connectivity index (χ4n) is 12.9. The second-order valence-corrected chi connectivity index (χ2v) is 27.5. The zero-order valence-corrected chi connectivity index (χ0v) is 59.5. The van der Waals surface area contributed by atoms with Crippen LogP contribution in [0.25, 0.3) is 0 Å². The molecule has 0 saturated carbocycles. The van der Waals surface area contributed by atoms with Gasteiger partial charge in [-0.1, -0.05) is 338 Å². The van der Waals surface area contributed by atoms with E-state index in [1.807, 2.05) is 0 Å². The number of amides is 1. The first-order chi connectivity index (χ1) is 45.6. The van der Waals surface area contributed by atoms with E-state index in [0.29, 0.717) is 12.8 Å². The number of aliphatic hydroxyl groups is 8. The number of hydrogen-bond donors (Lipinski definition) is 9. The maximum Gasteiger partial charge on any atom is 0.220 e. The molecule has 0 radical (unpaired) electrons. The minimum atomic E-state index is -1.78. The van der Waals surface area contributed by atoms with E-state index in [1.165, 1.54) is 231 Å². The SMILES string of the molecule is CC/C=C\C/C=C\C/C=C\C/C=C\C/C=C\CCCCCCCCCCCCCCCCCCCCCC(=O)NC(COC1OC(CO)C(OC2OC(CO)C(O)C(O)C2O)C(O)C1O)C(O)CCCCCCCCCCCCCCCCCCCCCCCCCC. The van der Waals surface area contributed by atoms with Crippen molar-refractivity contribution in [2.75, 3.05) is 19.8 Å². The summed E-state index contributed by atoms with van der Waals surface area (Å²) in [6.07, 6.45) is 68.2. The number of hydrogen-bond acceptors (Lipinski definition) is 13. The van der Waals surface area contributed by atoms with Gasteiger partial charge in [0.05, 0.1) is 32.0 Å². The second kappa shape index (κ2) is 63.2. The van der Waals surface area contributed by atoms with Crippen LogP contribution in [0.4, 0.5) is 0 Å². The zero-order valence-electron chi connectivity index (χ0n) is 59.5. The van der Waals surface area contributed by atoms with Crippen molar-refractivity contribution in [3.63, 3.8) is 0 Å². The van der Waals surface area contributed by atoms with Crippen LogP contribution in [0, 0.1) is 0 Å². The Morgan fingerprint density at radius 3 is 1.14 bits per heavy atom. The van der Waals surface area contributed by atoms with Gasteiger partial charge in [-0.25, -0.2) is 0 Å². The van der Waals surface area contributed by atoms with E-state index in [-0.39, 0.29) is 12.5 Å². The Balaban J connectivity index is 1.60. The summed E-state index contributed by atoms with van der Waals surface area (Å²) in [4.78, 5) is 13.4. The average molecular weight is 1320 g/mol. The van der Waals surface area contributed by atoms with E-state index in [1.54, 1.807) is 0 Å². The molecule has 9 N–H and O–H groups in total. The lowest BCUT2D eigenvalue weighted by molar-refractivity contribution is -0.359. The molecule has 0 bridgehead atoms. The van der Waals surface area contributed by atoms with Gasteiger partial charge < -0.3 is 65.1 Å². The number of carbonyl (C=O) groups is 1. The highest BCUT2D eigenvalue weighted by Gasteiger charge is 2.51. The third kappa shape index (κ3) is 46.6. The van der Waals surface area contributed by atoms with Gasteiger partial charge in [0.25, 0.3) is 0 Å². The maximum absolute atomic E-state index is 13.4. The van der Waals surface area contributed by atoms with Gasteiger partial charge >= 0.3 is 0 Å². The number of ether oxygens (including phenoxy) is 4. The normalized spacial score (nSPS) is 22.9. The van der Waals surface area contributed by atoms with Crippen LogP contribution < -0.4 is 5.32 Å². The van der Waals surface area contributed by atoms with Crippen molar-refractivity contribution in [2.24, 2.45) is 0 Å². The van der Waals surface area contributed by atoms with Crippen LogP contribution in [0.3, 0.4) is 0 Å². The van der Waals surface area contributed by atoms with Gasteiger partial charge in [-0.15, -0.1) is 0 Å². The molecule has 0 aromatic heterocycles. The molecular formula is C79H145NO13. The van der Waals surface area contributed by atoms with Gasteiger partial charge in [0.2, 0.25) is 5.91 Å². The Labute approximate surface area is 568 Å². The van der Waals surface area contributed by atoms with E-state index in [4.69, 9.17) is 18.9 Å². The molecule has 12 unspecified atom stereocenters. The van der Waals surface area contributed by atoms with Gasteiger partial charge in [0.15, 0.2) is 12.6 Å². The molecule has 0 aromatic rings. The molecule has 2 aliphatic rings. The highest BCUT2D eigenvalue weighted by atomic mass is 16.7. The highest BCUT2D eigenvalue weighted by molar-refractivity contribution is 5.76. The van der Waals surface area contributed by atoms with Crippen LogP contribution in [0.1, 0.15) is 341 Å². The van der Waals surface area contributed by atoms with Gasteiger partial charge in [0, 0.05) is 6.42 Å². The monoisotopic (exact) mass is 1320 g/mol. The van der Waals surface area contributed by atoms with E-state index in [2.05, 4.69) is 79.9 Å². The molecule has 2 aliphatic heterocycles. The number of allylic oxidation sites excluding steroid dienone is 10. The minimum absolute atomic E-state index is 0.201. The van der Waals surface area contributed by atoms with E-state index >= 15 is 0 Å². The lowest BCUT2D eigenvalue weighted by Gasteiger charge is -2.46. The molecule has 2 rings (SSSR count). The first-order valence-electron chi connectivity index (χ1n) is 39.0. The fraction of sp³-hybridized carbons (Fsp3) is 0.861. The summed E-state index contributed by atoms with van der Waals surface area (Å²) in [6.45, 7) is 2.80. The van der Waals surface area contributed by atoms with Crippen molar-refractivity contribution in [3.8, 4) is 0 Å². The first kappa shape index (κ1) is 86.8. The fourth-order valence-corrected chi connectivity index (χ4v) is 12.9. The minimum Gasteiger partial charge on any atom is -0.394 e. The molecule has 2 fully saturated rings. The molecule has 2 saturated heterocycles. The summed E-state index contributed by atoms with van der Waals surface area (Å²) in [7, 11) is 0. The molecule has 2 heterocycles. The van der Waals surface area contributed by atoms with Gasteiger partial charge in [0.1, 0.15) is 48.8 Å². The first-order valence-corrected chi connectivity index (χ1v) is 39.0. The predicted molar refractivity (Wildman–Crippen MR) is 383 cm³/mol. The van der Waals surface area contributed by atoms with Crippen LogP contribution in [0.5, 0.6) is 0 Å². The summed E-state index contributed by atoms with van der Waals surface area (Å²) in [5.41, 5.74) is 0. The van der Waals surface area contributed by atoms with Crippen LogP contribution in [0.2, 0.25) is 0 Å². The van der Waals surface area contributed by atoms with E-state index < -0.39 is 86.8 Å². The van der Waals surface area contributed by atoms with Crippen molar-refractivity contribution < 1.29 is 64.6 Å². The van der Waals surface area contributed by atoms with Crippen molar-refractivity contribution in [1.29, 1.82) is 0 Å². The van der Waals surface area contributed by atoms with Crippen molar-refractivity contribution in [1.82, 2.24) is 5.32 Å². The molecular weight excluding hydrogens is 1170 g/mol. The summed E-state index contributed by atoms with van der Waals surface area (Å²) in [5.74, 6) is -0.201. The van der Waals surface area contributed by atoms with Crippen LogP contribution in [-0.4, -0.2) is 140 Å². The molecule has 0 aromatic carbocycles. The van der Waals surface area contributed by atoms with Gasteiger partial charge in [-0.05, 0) is 57.8 Å². The molecule has 0 spiro atoms. The summed E-state index contributed by atoms with van der Waals surface area (Å²) in [5, 5.41) is 87.8. The lowest BCUT2D eigenvalue weighted by Crippen LogP contribution is -2.65. The van der Waals surface area contributed by atoms with E-state index in [9.17, 15) is 45.6 Å².